The lowest BCUT2D eigenvalue weighted by Gasteiger charge is -2.16. The van der Waals surface area contributed by atoms with Gasteiger partial charge in [0.2, 0.25) is 0 Å². The molecular formula is C46H30N2. The summed E-state index contributed by atoms with van der Waals surface area (Å²) in [6, 6.07) is 66.2. The Balaban J connectivity index is 1.33. The van der Waals surface area contributed by atoms with Gasteiger partial charge in [-0.2, -0.15) is 0 Å². The fourth-order valence-electron chi connectivity index (χ4n) is 7.74. The number of hydrogen-bond donors (Lipinski definition) is 0. The molecule has 0 amide bonds. The Morgan fingerprint density at radius 3 is 1.69 bits per heavy atom. The van der Waals surface area contributed by atoms with Crippen molar-refractivity contribution in [3.05, 3.63) is 182 Å². The first-order chi connectivity index (χ1) is 23.8. The first-order valence-electron chi connectivity index (χ1n) is 16.5. The molecule has 0 aliphatic heterocycles. The van der Waals surface area contributed by atoms with Crippen LogP contribution in [0.3, 0.4) is 0 Å². The average Bonchev–Trinajstić information content (AvgIpc) is 3.68. The summed E-state index contributed by atoms with van der Waals surface area (Å²) in [5.74, 6) is 0. The van der Waals surface area contributed by atoms with E-state index in [-0.39, 0.29) is 0 Å². The van der Waals surface area contributed by atoms with Gasteiger partial charge in [0, 0.05) is 32.8 Å². The van der Waals surface area contributed by atoms with Gasteiger partial charge in [0.15, 0.2) is 0 Å². The van der Waals surface area contributed by atoms with Gasteiger partial charge in [-0.05, 0) is 63.9 Å². The van der Waals surface area contributed by atoms with Crippen LogP contribution < -0.4 is 0 Å². The first kappa shape index (κ1) is 26.8. The summed E-state index contributed by atoms with van der Waals surface area (Å²) >= 11 is 0. The summed E-state index contributed by atoms with van der Waals surface area (Å²) in [7, 11) is 0. The maximum absolute atomic E-state index is 2.50. The van der Waals surface area contributed by atoms with Crippen molar-refractivity contribution >= 4 is 54.4 Å². The minimum absolute atomic E-state index is 1.15. The van der Waals surface area contributed by atoms with Crippen LogP contribution in [0.5, 0.6) is 0 Å². The van der Waals surface area contributed by atoms with Gasteiger partial charge in [-0.15, -0.1) is 0 Å². The Bertz CT molecular complexity index is 2830. The molecule has 0 aliphatic rings. The number of fused-ring (bicyclic) bond motifs is 8. The summed E-state index contributed by atoms with van der Waals surface area (Å²) in [5, 5.41) is 7.50. The summed E-state index contributed by atoms with van der Waals surface area (Å²) in [5.41, 5.74) is 12.0. The monoisotopic (exact) mass is 610 g/mol. The van der Waals surface area contributed by atoms with Crippen molar-refractivity contribution in [2.75, 3.05) is 0 Å². The van der Waals surface area contributed by atoms with Gasteiger partial charge in [-0.1, -0.05) is 146 Å². The second kappa shape index (κ2) is 10.6. The van der Waals surface area contributed by atoms with Gasteiger partial charge in [-0.25, -0.2) is 0 Å². The van der Waals surface area contributed by atoms with Crippen molar-refractivity contribution in [1.29, 1.82) is 0 Å². The lowest BCUT2D eigenvalue weighted by atomic mass is 10.0. The highest BCUT2D eigenvalue weighted by Gasteiger charge is 2.22. The van der Waals surface area contributed by atoms with Crippen LogP contribution in [0.2, 0.25) is 0 Å². The standard InChI is InChI=1S/C46H30N2/c1-2-14-32(15-3-1)37-19-6-9-22-42(37)48-44-24-11-8-21-39(44)41-28-27-40-38-20-7-10-23-43(38)47(45(40)46(41)48)36-18-12-17-34(30-36)35-26-25-31-13-4-5-16-33(31)29-35/h1-30H. The van der Waals surface area contributed by atoms with Crippen LogP contribution >= 0.6 is 0 Å². The van der Waals surface area contributed by atoms with E-state index in [0.29, 0.717) is 0 Å². The number of nitrogens with zero attached hydrogens (tertiary/aromatic N) is 2. The molecule has 0 bridgehead atoms. The first-order valence-corrected chi connectivity index (χ1v) is 16.5. The lowest BCUT2D eigenvalue weighted by Crippen LogP contribution is -2.00. The molecule has 0 atom stereocenters. The molecule has 8 aromatic carbocycles. The molecular weight excluding hydrogens is 581 g/mol. The van der Waals surface area contributed by atoms with Gasteiger partial charge in [0.05, 0.1) is 27.8 Å². The fraction of sp³-hybridized carbons (Fsp3) is 0. The summed E-state index contributed by atoms with van der Waals surface area (Å²) in [6.07, 6.45) is 0. The molecule has 224 valence electrons. The van der Waals surface area contributed by atoms with Crippen molar-refractivity contribution in [3.63, 3.8) is 0 Å². The van der Waals surface area contributed by atoms with E-state index in [1.54, 1.807) is 0 Å². The normalized spacial score (nSPS) is 11.8. The van der Waals surface area contributed by atoms with E-state index in [1.165, 1.54) is 82.3 Å². The quantitative estimate of drug-likeness (QED) is 0.188. The Morgan fingerprint density at radius 1 is 0.312 bits per heavy atom. The molecule has 2 aromatic heterocycles. The minimum Gasteiger partial charge on any atom is -0.307 e. The maximum Gasteiger partial charge on any atom is 0.0789 e. The zero-order valence-corrected chi connectivity index (χ0v) is 26.2. The summed E-state index contributed by atoms with van der Waals surface area (Å²) in [4.78, 5) is 0. The second-order valence-corrected chi connectivity index (χ2v) is 12.6. The molecule has 0 unspecified atom stereocenters. The zero-order chi connectivity index (χ0) is 31.6. The number of rotatable bonds is 4. The van der Waals surface area contributed by atoms with E-state index in [1.807, 2.05) is 0 Å². The zero-order valence-electron chi connectivity index (χ0n) is 26.2. The maximum atomic E-state index is 2.50. The molecule has 48 heavy (non-hydrogen) atoms. The van der Waals surface area contributed by atoms with Crippen LogP contribution in [0.15, 0.2) is 182 Å². The molecule has 0 saturated carbocycles. The molecule has 0 fully saturated rings. The highest BCUT2D eigenvalue weighted by atomic mass is 15.0. The molecule has 2 heteroatoms. The van der Waals surface area contributed by atoms with Crippen molar-refractivity contribution in [3.8, 4) is 33.6 Å². The van der Waals surface area contributed by atoms with E-state index in [9.17, 15) is 0 Å². The third kappa shape index (κ3) is 4.00. The lowest BCUT2D eigenvalue weighted by molar-refractivity contribution is 1.15. The summed E-state index contributed by atoms with van der Waals surface area (Å²) in [6.45, 7) is 0. The molecule has 2 nitrogen and oxygen atoms in total. The van der Waals surface area contributed by atoms with E-state index in [4.69, 9.17) is 0 Å². The fourth-order valence-corrected chi connectivity index (χ4v) is 7.74. The third-order valence-electron chi connectivity index (χ3n) is 9.89. The Labute approximate surface area is 278 Å². The van der Waals surface area contributed by atoms with Crippen LogP contribution in [-0.4, -0.2) is 9.13 Å². The van der Waals surface area contributed by atoms with Gasteiger partial charge in [-0.3, -0.25) is 0 Å². The summed E-state index contributed by atoms with van der Waals surface area (Å²) < 4.78 is 4.98. The van der Waals surface area contributed by atoms with Gasteiger partial charge in [0.1, 0.15) is 0 Å². The van der Waals surface area contributed by atoms with Crippen LogP contribution in [0, 0.1) is 0 Å². The second-order valence-electron chi connectivity index (χ2n) is 12.6. The number of hydrogen-bond acceptors (Lipinski definition) is 0. The SMILES string of the molecule is c1ccc(-c2ccccc2-n2c3ccccc3c3ccc4c5ccccc5n(-c5cccc(-c6ccc7ccccc7c6)c5)c4c32)cc1. The van der Waals surface area contributed by atoms with Crippen LogP contribution in [0.25, 0.3) is 88.0 Å². The van der Waals surface area contributed by atoms with Gasteiger partial charge < -0.3 is 9.13 Å². The Hall–Kier alpha value is -6.38. The molecule has 0 spiro atoms. The largest absolute Gasteiger partial charge is 0.307 e. The van der Waals surface area contributed by atoms with Crippen LogP contribution in [0.4, 0.5) is 0 Å². The molecule has 0 saturated heterocycles. The van der Waals surface area contributed by atoms with Crippen LogP contribution in [-0.2, 0) is 0 Å². The van der Waals surface area contributed by atoms with Crippen molar-refractivity contribution in [2.24, 2.45) is 0 Å². The van der Waals surface area contributed by atoms with E-state index >= 15 is 0 Å². The third-order valence-corrected chi connectivity index (χ3v) is 9.89. The molecule has 10 rings (SSSR count). The number of aromatic nitrogens is 2. The van der Waals surface area contributed by atoms with Crippen LogP contribution in [0.1, 0.15) is 0 Å². The van der Waals surface area contributed by atoms with Gasteiger partial charge >= 0.3 is 0 Å². The predicted molar refractivity (Wildman–Crippen MR) is 203 cm³/mol. The number of para-hydroxylation sites is 3. The highest BCUT2D eigenvalue weighted by Crippen LogP contribution is 2.43. The van der Waals surface area contributed by atoms with Crippen molar-refractivity contribution in [2.45, 2.75) is 0 Å². The van der Waals surface area contributed by atoms with E-state index in [0.717, 1.165) is 5.69 Å². The molecule has 2 heterocycles. The Kier molecular flexibility index (Phi) is 5.91. The van der Waals surface area contributed by atoms with E-state index in [2.05, 4.69) is 191 Å². The predicted octanol–water partition coefficient (Wildman–Crippen LogP) is 12.4. The number of benzene rings is 8. The molecule has 10 aromatic rings. The van der Waals surface area contributed by atoms with Crippen molar-refractivity contribution < 1.29 is 0 Å². The minimum atomic E-state index is 1.15. The molecule has 0 radical (unpaired) electrons. The Morgan fingerprint density at radius 2 is 0.896 bits per heavy atom. The van der Waals surface area contributed by atoms with E-state index < -0.39 is 0 Å². The van der Waals surface area contributed by atoms with Crippen molar-refractivity contribution in [1.82, 2.24) is 9.13 Å². The smallest absolute Gasteiger partial charge is 0.0789 e. The topological polar surface area (TPSA) is 9.86 Å². The highest BCUT2D eigenvalue weighted by molar-refractivity contribution is 6.24. The average molecular weight is 611 g/mol. The van der Waals surface area contributed by atoms with Gasteiger partial charge in [0.25, 0.3) is 0 Å². The molecule has 0 N–H and O–H groups in total. The molecule has 0 aliphatic carbocycles.